The number of benzene rings is 1. The first-order valence-corrected chi connectivity index (χ1v) is 9.51. The van der Waals surface area contributed by atoms with E-state index in [2.05, 4.69) is 10.2 Å². The number of nitrogens with zero attached hydrogens (tertiary/aromatic N) is 1. The molecule has 0 heterocycles. The Balaban J connectivity index is 1.73. The SMILES string of the molecule is COc1cccc(NC(=O)N(C2CCCCC2)C2CCCCC2)c1. The lowest BCUT2D eigenvalue weighted by Crippen LogP contribution is -2.50. The fourth-order valence-electron chi connectivity index (χ4n) is 4.24. The molecule has 0 aliphatic heterocycles. The number of methoxy groups -OCH3 is 1. The molecule has 0 radical (unpaired) electrons. The second-order valence-corrected chi connectivity index (χ2v) is 7.15. The highest BCUT2D eigenvalue weighted by molar-refractivity contribution is 5.90. The van der Waals surface area contributed by atoms with Crippen molar-refractivity contribution in [3.63, 3.8) is 0 Å². The minimum Gasteiger partial charge on any atom is -0.497 e. The Hall–Kier alpha value is -1.71. The molecule has 0 saturated heterocycles. The molecule has 2 fully saturated rings. The van der Waals surface area contributed by atoms with Gasteiger partial charge in [0.15, 0.2) is 0 Å². The standard InChI is InChI=1S/C20H30N2O2/c1-24-19-14-8-9-16(15-19)21-20(23)22(17-10-4-2-5-11-17)18-12-6-3-7-13-18/h8-9,14-15,17-18H,2-7,10-13H2,1H3,(H,21,23). The van der Waals surface area contributed by atoms with Crippen LogP contribution < -0.4 is 10.1 Å². The van der Waals surface area contributed by atoms with Crippen molar-refractivity contribution < 1.29 is 9.53 Å². The van der Waals surface area contributed by atoms with E-state index >= 15 is 0 Å². The maximum atomic E-state index is 13.1. The number of rotatable bonds is 4. The van der Waals surface area contributed by atoms with Gasteiger partial charge in [-0.25, -0.2) is 4.79 Å². The average molecular weight is 330 g/mol. The Morgan fingerprint density at radius 2 is 1.58 bits per heavy atom. The van der Waals surface area contributed by atoms with E-state index in [9.17, 15) is 4.79 Å². The minimum absolute atomic E-state index is 0.0713. The highest BCUT2D eigenvalue weighted by Crippen LogP contribution is 2.31. The molecule has 0 bridgehead atoms. The van der Waals surface area contributed by atoms with Gasteiger partial charge < -0.3 is 15.0 Å². The van der Waals surface area contributed by atoms with Gasteiger partial charge >= 0.3 is 6.03 Å². The third kappa shape index (κ3) is 4.22. The van der Waals surface area contributed by atoms with E-state index in [1.54, 1.807) is 7.11 Å². The molecule has 132 valence electrons. The number of amides is 2. The van der Waals surface area contributed by atoms with Gasteiger partial charge in [0.2, 0.25) is 0 Å². The lowest BCUT2D eigenvalue weighted by atomic mass is 9.89. The summed E-state index contributed by atoms with van der Waals surface area (Å²) in [5.74, 6) is 0.773. The third-order valence-electron chi connectivity index (χ3n) is 5.49. The molecule has 0 aromatic heterocycles. The van der Waals surface area contributed by atoms with Crippen LogP contribution in [-0.4, -0.2) is 30.1 Å². The highest BCUT2D eigenvalue weighted by Gasteiger charge is 2.32. The lowest BCUT2D eigenvalue weighted by molar-refractivity contribution is 0.114. The largest absolute Gasteiger partial charge is 0.497 e. The van der Waals surface area contributed by atoms with Crippen molar-refractivity contribution in [3.8, 4) is 5.75 Å². The van der Waals surface area contributed by atoms with Crippen molar-refractivity contribution in [2.24, 2.45) is 0 Å². The number of urea groups is 1. The van der Waals surface area contributed by atoms with Crippen molar-refractivity contribution in [1.82, 2.24) is 4.90 Å². The van der Waals surface area contributed by atoms with E-state index in [-0.39, 0.29) is 6.03 Å². The van der Waals surface area contributed by atoms with E-state index in [1.165, 1.54) is 38.5 Å². The molecule has 1 aromatic carbocycles. The molecule has 1 aromatic rings. The van der Waals surface area contributed by atoms with Gasteiger partial charge in [-0.3, -0.25) is 0 Å². The minimum atomic E-state index is 0.0713. The van der Waals surface area contributed by atoms with Crippen molar-refractivity contribution in [1.29, 1.82) is 0 Å². The van der Waals surface area contributed by atoms with Crippen molar-refractivity contribution in [2.45, 2.75) is 76.3 Å². The number of hydrogen-bond donors (Lipinski definition) is 1. The van der Waals surface area contributed by atoms with E-state index in [0.717, 1.165) is 37.1 Å². The molecule has 24 heavy (non-hydrogen) atoms. The quantitative estimate of drug-likeness (QED) is 0.825. The van der Waals surface area contributed by atoms with Crippen molar-refractivity contribution in [2.75, 3.05) is 12.4 Å². The van der Waals surface area contributed by atoms with Crippen LogP contribution in [0.5, 0.6) is 5.75 Å². The van der Waals surface area contributed by atoms with Gasteiger partial charge in [0, 0.05) is 23.8 Å². The number of ether oxygens (including phenoxy) is 1. The molecule has 4 nitrogen and oxygen atoms in total. The predicted molar refractivity (Wildman–Crippen MR) is 97.6 cm³/mol. The second-order valence-electron chi connectivity index (χ2n) is 7.15. The van der Waals surface area contributed by atoms with E-state index in [4.69, 9.17) is 4.74 Å². The molecule has 0 spiro atoms. The lowest BCUT2D eigenvalue weighted by Gasteiger charge is -2.41. The number of hydrogen-bond acceptors (Lipinski definition) is 2. The van der Waals surface area contributed by atoms with Crippen LogP contribution in [0.4, 0.5) is 10.5 Å². The number of nitrogens with one attached hydrogen (secondary N) is 1. The van der Waals surface area contributed by atoms with Gasteiger partial charge in [-0.2, -0.15) is 0 Å². The molecule has 2 aliphatic rings. The Morgan fingerprint density at radius 3 is 2.12 bits per heavy atom. The smallest absolute Gasteiger partial charge is 0.322 e. The van der Waals surface area contributed by atoms with Gasteiger partial charge in [-0.05, 0) is 37.8 Å². The fraction of sp³-hybridized carbons (Fsp3) is 0.650. The summed E-state index contributed by atoms with van der Waals surface area (Å²) in [6, 6.07) is 8.52. The van der Waals surface area contributed by atoms with Crippen LogP contribution in [-0.2, 0) is 0 Å². The Kier molecular flexibility index (Phi) is 6.00. The van der Waals surface area contributed by atoms with Crippen molar-refractivity contribution in [3.05, 3.63) is 24.3 Å². The van der Waals surface area contributed by atoms with E-state index < -0.39 is 0 Å². The summed E-state index contributed by atoms with van der Waals surface area (Å²) < 4.78 is 5.26. The van der Waals surface area contributed by atoms with Gasteiger partial charge in [0.25, 0.3) is 0 Å². The van der Waals surface area contributed by atoms with Gasteiger partial charge in [0.1, 0.15) is 5.75 Å². The molecule has 0 atom stereocenters. The fourth-order valence-corrected chi connectivity index (χ4v) is 4.24. The molecule has 3 rings (SSSR count). The third-order valence-corrected chi connectivity index (χ3v) is 5.49. The maximum Gasteiger partial charge on any atom is 0.322 e. The highest BCUT2D eigenvalue weighted by atomic mass is 16.5. The molecule has 2 saturated carbocycles. The Morgan fingerprint density at radius 1 is 1.00 bits per heavy atom. The Labute approximate surface area is 145 Å². The molecule has 0 unspecified atom stereocenters. The summed E-state index contributed by atoms with van der Waals surface area (Å²) in [6.07, 6.45) is 12.2. The molecule has 2 amide bonds. The van der Waals surface area contributed by atoms with Crippen LogP contribution in [0.1, 0.15) is 64.2 Å². The molecule has 1 N–H and O–H groups in total. The zero-order valence-corrected chi connectivity index (χ0v) is 14.8. The topological polar surface area (TPSA) is 41.6 Å². The van der Waals surface area contributed by atoms with Crippen LogP contribution in [0.3, 0.4) is 0 Å². The zero-order chi connectivity index (χ0) is 16.8. The molecular weight excluding hydrogens is 300 g/mol. The van der Waals surface area contributed by atoms with Crippen LogP contribution >= 0.6 is 0 Å². The molecule has 4 heteroatoms. The van der Waals surface area contributed by atoms with Gasteiger partial charge in [-0.15, -0.1) is 0 Å². The number of carbonyl (C=O) groups excluding carboxylic acids is 1. The van der Waals surface area contributed by atoms with Crippen LogP contribution in [0, 0.1) is 0 Å². The Bertz CT molecular complexity index is 516. The summed E-state index contributed by atoms with van der Waals surface area (Å²) in [5.41, 5.74) is 0.816. The number of carbonyl (C=O) groups is 1. The van der Waals surface area contributed by atoms with E-state index in [0.29, 0.717) is 12.1 Å². The maximum absolute atomic E-state index is 13.1. The van der Waals surface area contributed by atoms with Gasteiger partial charge in [0.05, 0.1) is 7.11 Å². The van der Waals surface area contributed by atoms with Crippen molar-refractivity contribution >= 4 is 11.7 Å². The zero-order valence-electron chi connectivity index (χ0n) is 14.8. The summed E-state index contributed by atoms with van der Waals surface area (Å²) in [7, 11) is 1.65. The first kappa shape index (κ1) is 17.1. The first-order valence-electron chi connectivity index (χ1n) is 9.51. The summed E-state index contributed by atoms with van der Waals surface area (Å²) in [5, 5.41) is 3.12. The predicted octanol–water partition coefficient (Wildman–Crippen LogP) is 5.19. The summed E-state index contributed by atoms with van der Waals surface area (Å²) in [4.78, 5) is 15.3. The van der Waals surface area contributed by atoms with Crippen LogP contribution in [0.2, 0.25) is 0 Å². The summed E-state index contributed by atoms with van der Waals surface area (Å²) in [6.45, 7) is 0. The van der Waals surface area contributed by atoms with Gasteiger partial charge in [-0.1, -0.05) is 44.6 Å². The van der Waals surface area contributed by atoms with Crippen LogP contribution in [0.15, 0.2) is 24.3 Å². The number of anilines is 1. The first-order chi connectivity index (χ1) is 11.8. The van der Waals surface area contributed by atoms with Crippen LogP contribution in [0.25, 0.3) is 0 Å². The van der Waals surface area contributed by atoms with E-state index in [1.807, 2.05) is 24.3 Å². The average Bonchev–Trinajstić information content (AvgIpc) is 2.64. The second kappa shape index (κ2) is 8.41. The summed E-state index contributed by atoms with van der Waals surface area (Å²) >= 11 is 0. The monoisotopic (exact) mass is 330 g/mol. The molecular formula is C20H30N2O2. The molecule has 2 aliphatic carbocycles. The normalized spacial score (nSPS) is 19.7.